The summed E-state index contributed by atoms with van der Waals surface area (Å²) in [6.45, 7) is 6.89. The van der Waals surface area contributed by atoms with E-state index in [0.717, 1.165) is 23.8 Å². The maximum atomic E-state index is 13.6. The Bertz CT molecular complexity index is 1250. The van der Waals surface area contributed by atoms with Gasteiger partial charge in [0.15, 0.2) is 0 Å². The van der Waals surface area contributed by atoms with E-state index in [0.29, 0.717) is 27.6 Å². The Morgan fingerprint density at radius 2 is 1.92 bits per heavy atom. The van der Waals surface area contributed by atoms with E-state index in [9.17, 15) is 19.4 Å². The van der Waals surface area contributed by atoms with Crippen LogP contribution in [0.1, 0.15) is 30.6 Å². The molecule has 1 fully saturated rings. The Balaban J connectivity index is 1.28. The number of halogens is 2. The lowest BCUT2D eigenvalue weighted by Gasteiger charge is -2.35. The molecule has 0 bridgehead atoms. The molecule has 0 saturated carbocycles. The van der Waals surface area contributed by atoms with Gasteiger partial charge in [-0.05, 0) is 68.6 Å². The number of anilines is 1. The number of morpholine rings is 1. The van der Waals surface area contributed by atoms with Crippen LogP contribution in [0.25, 0.3) is 11.1 Å². The van der Waals surface area contributed by atoms with Gasteiger partial charge in [-0.2, -0.15) is 0 Å². The minimum atomic E-state index is -0.579. The topological polar surface area (TPSA) is 91.3 Å². The maximum absolute atomic E-state index is 13.6. The van der Waals surface area contributed by atoms with Gasteiger partial charge in [0.2, 0.25) is 0 Å². The summed E-state index contributed by atoms with van der Waals surface area (Å²) in [5, 5.41) is 20.4. The van der Waals surface area contributed by atoms with Crippen molar-refractivity contribution in [2.75, 3.05) is 31.0 Å². The predicted octanol–water partition coefficient (Wildman–Crippen LogP) is 6.39. The van der Waals surface area contributed by atoms with Crippen molar-refractivity contribution < 1.29 is 28.9 Å². The number of benzene rings is 2. The van der Waals surface area contributed by atoms with E-state index in [1.165, 1.54) is 53.6 Å². The molecular formula is C26H28ClFN2O5S2. The fraction of sp³-hybridized carbons (Fsp3) is 0.346. The maximum Gasteiger partial charge on any atom is 0.341 e. The van der Waals surface area contributed by atoms with Gasteiger partial charge in [-0.1, -0.05) is 11.6 Å². The number of nitrogens with one attached hydrogen (secondary N) is 1. The Morgan fingerprint density at radius 3 is 2.65 bits per heavy atom. The van der Waals surface area contributed by atoms with Crippen LogP contribution < -0.4 is 4.72 Å². The summed E-state index contributed by atoms with van der Waals surface area (Å²) in [6, 6.07) is 10.0. The highest BCUT2D eigenvalue weighted by Crippen LogP contribution is 2.43. The molecule has 2 heterocycles. The number of phenolic OH excluding ortho intramolecular Hbond substituents is 2. The van der Waals surface area contributed by atoms with Crippen molar-refractivity contribution in [2.45, 2.75) is 36.7 Å². The molecule has 7 nitrogen and oxygen atoms in total. The third-order valence-corrected chi connectivity index (χ3v) is 8.06. The average molecular weight is 567 g/mol. The van der Waals surface area contributed by atoms with Crippen molar-refractivity contribution in [3.63, 3.8) is 0 Å². The molecule has 3 aromatic rings. The molecule has 1 aliphatic heterocycles. The van der Waals surface area contributed by atoms with Crippen molar-refractivity contribution >= 4 is 46.5 Å². The second-order valence-electron chi connectivity index (χ2n) is 8.86. The summed E-state index contributed by atoms with van der Waals surface area (Å²) in [6.07, 6.45) is 1.07. The molecule has 0 radical (unpaired) electrons. The van der Waals surface area contributed by atoms with Crippen LogP contribution in [0.2, 0.25) is 4.34 Å². The molecule has 3 N–H and O–H groups in total. The molecule has 2 atom stereocenters. The lowest BCUT2D eigenvalue weighted by molar-refractivity contribution is -0.0689. The van der Waals surface area contributed by atoms with E-state index < -0.39 is 11.8 Å². The van der Waals surface area contributed by atoms with Crippen LogP contribution in [0, 0.1) is 5.82 Å². The molecule has 37 heavy (non-hydrogen) atoms. The normalized spacial score (nSPS) is 18.1. The van der Waals surface area contributed by atoms with Crippen LogP contribution in [0.5, 0.6) is 11.5 Å². The zero-order valence-electron chi connectivity index (χ0n) is 20.4. The SMILES string of the molecule is CC1CN(CCCOC(=O)c2ccc(NSc3cc(-c4cc(F)ccc4O)c(Cl)s3)cc2O)CC(C)O1. The standard InChI is InChI=1S/C26H28ClFN2O5S2/c1-15-13-30(14-16(2)35-15)8-3-9-34-26(33)19-6-5-18(11-23(19)32)29-37-24-12-21(25(27)36-24)20-10-17(28)4-7-22(20)31/h4-7,10-12,15-16,29,31-32H,3,8-9,13-14H2,1-2H3. The van der Waals surface area contributed by atoms with Crippen molar-refractivity contribution in [3.05, 3.63) is 58.2 Å². The summed E-state index contributed by atoms with van der Waals surface area (Å²) in [5.41, 5.74) is 1.48. The van der Waals surface area contributed by atoms with E-state index in [1.807, 2.05) is 13.8 Å². The van der Waals surface area contributed by atoms with Gasteiger partial charge in [-0.15, -0.1) is 11.3 Å². The molecule has 2 aromatic carbocycles. The summed E-state index contributed by atoms with van der Waals surface area (Å²) >= 11 is 8.82. The summed E-state index contributed by atoms with van der Waals surface area (Å²) in [7, 11) is 0. The highest BCUT2D eigenvalue weighted by Gasteiger charge is 2.22. The molecule has 1 aromatic heterocycles. The predicted molar refractivity (Wildman–Crippen MR) is 145 cm³/mol. The Kier molecular flexibility index (Phi) is 9.20. The second kappa shape index (κ2) is 12.4. The number of rotatable bonds is 9. The number of aromatic hydroxyl groups is 2. The van der Waals surface area contributed by atoms with Gasteiger partial charge in [0.05, 0.1) is 23.0 Å². The van der Waals surface area contributed by atoms with Crippen LogP contribution in [0.4, 0.5) is 10.1 Å². The highest BCUT2D eigenvalue weighted by atomic mass is 35.5. The Morgan fingerprint density at radius 1 is 1.16 bits per heavy atom. The monoisotopic (exact) mass is 566 g/mol. The number of phenols is 2. The molecule has 1 aliphatic rings. The first-order chi connectivity index (χ1) is 17.7. The number of nitrogens with zero attached hydrogens (tertiary/aromatic N) is 1. The summed E-state index contributed by atoms with van der Waals surface area (Å²) in [4.78, 5) is 14.7. The van der Waals surface area contributed by atoms with Crippen molar-refractivity contribution in [1.82, 2.24) is 4.90 Å². The molecular weight excluding hydrogens is 539 g/mol. The van der Waals surface area contributed by atoms with Gasteiger partial charge < -0.3 is 24.4 Å². The van der Waals surface area contributed by atoms with Crippen molar-refractivity contribution in [1.29, 1.82) is 0 Å². The largest absolute Gasteiger partial charge is 0.507 e. The van der Waals surface area contributed by atoms with Gasteiger partial charge in [0.25, 0.3) is 0 Å². The Hall–Kier alpha value is -2.50. The minimum Gasteiger partial charge on any atom is -0.507 e. The number of carbonyl (C=O) groups is 1. The molecule has 2 unspecified atom stereocenters. The van der Waals surface area contributed by atoms with Gasteiger partial charge in [0.1, 0.15) is 27.2 Å². The van der Waals surface area contributed by atoms with Crippen LogP contribution in [-0.2, 0) is 9.47 Å². The van der Waals surface area contributed by atoms with E-state index in [2.05, 4.69) is 9.62 Å². The lowest BCUT2D eigenvalue weighted by atomic mass is 10.1. The quantitative estimate of drug-likeness (QED) is 0.156. The molecule has 4 rings (SSSR count). The smallest absolute Gasteiger partial charge is 0.341 e. The van der Waals surface area contributed by atoms with Crippen LogP contribution in [0.15, 0.2) is 46.7 Å². The fourth-order valence-electron chi connectivity index (χ4n) is 4.18. The Labute approximate surface area is 228 Å². The van der Waals surface area contributed by atoms with Crippen molar-refractivity contribution in [2.24, 2.45) is 0 Å². The van der Waals surface area contributed by atoms with Crippen LogP contribution in [-0.4, -0.2) is 59.5 Å². The molecule has 0 spiro atoms. The average Bonchev–Trinajstić information content (AvgIpc) is 3.21. The number of hydrogen-bond acceptors (Lipinski definition) is 9. The third-order valence-electron chi connectivity index (χ3n) is 5.75. The molecule has 198 valence electrons. The lowest BCUT2D eigenvalue weighted by Crippen LogP contribution is -2.45. The van der Waals surface area contributed by atoms with E-state index in [-0.39, 0.29) is 35.9 Å². The first-order valence-electron chi connectivity index (χ1n) is 11.8. The first-order valence-corrected chi connectivity index (χ1v) is 13.8. The molecule has 0 aliphatic carbocycles. The number of esters is 1. The highest BCUT2D eigenvalue weighted by molar-refractivity contribution is 8.02. The van der Waals surface area contributed by atoms with E-state index in [1.54, 1.807) is 12.1 Å². The summed E-state index contributed by atoms with van der Waals surface area (Å²) in [5.74, 6) is -1.31. The van der Waals surface area contributed by atoms with Crippen molar-refractivity contribution in [3.8, 4) is 22.6 Å². The van der Waals surface area contributed by atoms with Crippen LogP contribution in [0.3, 0.4) is 0 Å². The van der Waals surface area contributed by atoms with E-state index in [4.69, 9.17) is 21.1 Å². The minimum absolute atomic E-state index is 0.0664. The number of ether oxygens (including phenoxy) is 2. The fourth-order valence-corrected chi connectivity index (χ4v) is 6.42. The second-order valence-corrected chi connectivity index (χ2v) is 11.6. The van der Waals surface area contributed by atoms with E-state index >= 15 is 0 Å². The molecule has 11 heteroatoms. The van der Waals surface area contributed by atoms with Gasteiger partial charge in [0, 0.05) is 42.5 Å². The number of carbonyl (C=O) groups excluding carboxylic acids is 1. The van der Waals surface area contributed by atoms with Gasteiger partial charge >= 0.3 is 5.97 Å². The zero-order chi connectivity index (χ0) is 26.5. The third kappa shape index (κ3) is 7.30. The van der Waals surface area contributed by atoms with Gasteiger partial charge in [-0.3, -0.25) is 4.90 Å². The number of hydrogen-bond donors (Lipinski definition) is 3. The zero-order valence-corrected chi connectivity index (χ0v) is 22.8. The molecule has 1 saturated heterocycles. The molecule has 0 amide bonds. The van der Waals surface area contributed by atoms with Gasteiger partial charge in [-0.25, -0.2) is 9.18 Å². The summed E-state index contributed by atoms with van der Waals surface area (Å²) < 4.78 is 29.0. The first kappa shape index (κ1) is 27.5. The number of thiophene rings is 1. The van der Waals surface area contributed by atoms with Crippen LogP contribution >= 0.6 is 34.9 Å².